The van der Waals surface area contributed by atoms with Crippen LogP contribution in [0.25, 0.3) is 0 Å². The van der Waals surface area contributed by atoms with Crippen molar-refractivity contribution in [3.8, 4) is 0 Å². The van der Waals surface area contributed by atoms with Crippen LogP contribution in [-0.4, -0.2) is 41.0 Å². The standard InChI is InChI=1S/C18H20ClN3O5/c1-11-6-8-18(9-7-11)16(25)22(17(26)20-18)21-14(23)10-27-15(24)12-2-4-13(19)5-3-12/h2-5,11H,6-10H2,1H3,(H,20,26)(H,21,23). The molecule has 8 nitrogen and oxygen atoms in total. The molecule has 27 heavy (non-hydrogen) atoms. The number of ether oxygens (including phenoxy) is 1. The Labute approximate surface area is 161 Å². The Bertz CT molecular complexity index is 772. The van der Waals surface area contributed by atoms with E-state index in [0.717, 1.165) is 12.8 Å². The number of amides is 4. The molecule has 4 amide bonds. The monoisotopic (exact) mass is 393 g/mol. The number of imide groups is 1. The van der Waals surface area contributed by atoms with Crippen LogP contribution in [0.3, 0.4) is 0 Å². The number of carbonyl (C=O) groups is 4. The minimum absolute atomic E-state index is 0.234. The Balaban J connectivity index is 1.54. The molecule has 1 saturated heterocycles. The second-order valence-corrected chi connectivity index (χ2v) is 7.39. The number of hydrazine groups is 1. The van der Waals surface area contributed by atoms with Gasteiger partial charge in [0.15, 0.2) is 6.61 Å². The first-order chi connectivity index (χ1) is 12.8. The molecule has 3 rings (SSSR count). The number of rotatable bonds is 4. The number of urea groups is 1. The molecule has 1 aliphatic heterocycles. The second-order valence-electron chi connectivity index (χ2n) is 6.95. The van der Waals surface area contributed by atoms with E-state index >= 15 is 0 Å². The van der Waals surface area contributed by atoms with E-state index in [0.29, 0.717) is 28.8 Å². The van der Waals surface area contributed by atoms with Crippen molar-refractivity contribution in [2.24, 2.45) is 5.92 Å². The van der Waals surface area contributed by atoms with Crippen molar-refractivity contribution in [1.82, 2.24) is 15.8 Å². The number of benzene rings is 1. The van der Waals surface area contributed by atoms with Crippen molar-refractivity contribution >= 4 is 35.4 Å². The fourth-order valence-corrected chi connectivity index (χ4v) is 3.40. The molecule has 0 atom stereocenters. The molecule has 0 bridgehead atoms. The second kappa shape index (κ2) is 7.56. The zero-order valence-electron chi connectivity index (χ0n) is 14.8. The highest BCUT2D eigenvalue weighted by Gasteiger charge is 2.52. The van der Waals surface area contributed by atoms with Gasteiger partial charge < -0.3 is 10.1 Å². The topological polar surface area (TPSA) is 105 Å². The molecular weight excluding hydrogens is 374 g/mol. The van der Waals surface area contributed by atoms with Gasteiger partial charge in [-0.2, -0.15) is 5.01 Å². The molecule has 0 unspecified atom stereocenters. The molecule has 1 heterocycles. The van der Waals surface area contributed by atoms with Crippen molar-refractivity contribution in [3.63, 3.8) is 0 Å². The molecular formula is C18H20ClN3O5. The Morgan fingerprint density at radius 1 is 1.26 bits per heavy atom. The predicted octanol–water partition coefficient (Wildman–Crippen LogP) is 2.03. The van der Waals surface area contributed by atoms with Crippen molar-refractivity contribution in [1.29, 1.82) is 0 Å². The average molecular weight is 394 g/mol. The summed E-state index contributed by atoms with van der Waals surface area (Å²) in [7, 11) is 0. The van der Waals surface area contributed by atoms with Crippen LogP contribution in [0.2, 0.25) is 5.02 Å². The summed E-state index contributed by atoms with van der Waals surface area (Å²) < 4.78 is 4.90. The van der Waals surface area contributed by atoms with Crippen LogP contribution in [0.4, 0.5) is 4.79 Å². The van der Waals surface area contributed by atoms with Gasteiger partial charge in [-0.15, -0.1) is 0 Å². The van der Waals surface area contributed by atoms with Crippen LogP contribution in [0, 0.1) is 5.92 Å². The largest absolute Gasteiger partial charge is 0.452 e. The number of carbonyl (C=O) groups excluding carboxylic acids is 4. The van der Waals surface area contributed by atoms with Crippen LogP contribution in [0.1, 0.15) is 43.0 Å². The normalized spacial score (nSPS) is 24.7. The smallest absolute Gasteiger partial charge is 0.344 e. The van der Waals surface area contributed by atoms with E-state index < -0.39 is 36.0 Å². The van der Waals surface area contributed by atoms with Crippen LogP contribution in [-0.2, 0) is 14.3 Å². The molecule has 1 aromatic rings. The molecule has 144 valence electrons. The number of nitrogens with one attached hydrogen (secondary N) is 2. The van der Waals surface area contributed by atoms with Crippen molar-refractivity contribution < 1.29 is 23.9 Å². The third-order valence-electron chi connectivity index (χ3n) is 4.94. The molecule has 9 heteroatoms. The third-order valence-corrected chi connectivity index (χ3v) is 5.19. The number of esters is 1. The van der Waals surface area contributed by atoms with Gasteiger partial charge in [-0.1, -0.05) is 18.5 Å². The highest BCUT2D eigenvalue weighted by molar-refractivity contribution is 6.30. The molecule has 1 saturated carbocycles. The molecule has 2 fully saturated rings. The first-order valence-corrected chi connectivity index (χ1v) is 9.07. The van der Waals surface area contributed by atoms with Gasteiger partial charge in [0.1, 0.15) is 5.54 Å². The first-order valence-electron chi connectivity index (χ1n) is 8.69. The molecule has 1 aromatic carbocycles. The number of nitrogens with zero attached hydrogens (tertiary/aromatic N) is 1. The molecule has 1 aliphatic carbocycles. The minimum Gasteiger partial charge on any atom is -0.452 e. The number of halogens is 1. The molecule has 0 radical (unpaired) electrons. The van der Waals surface area contributed by atoms with E-state index in [2.05, 4.69) is 17.7 Å². The Kier molecular flexibility index (Phi) is 5.36. The maximum atomic E-state index is 12.6. The predicted molar refractivity (Wildman–Crippen MR) is 95.6 cm³/mol. The average Bonchev–Trinajstić information content (AvgIpc) is 2.87. The van der Waals surface area contributed by atoms with E-state index in [1.165, 1.54) is 24.3 Å². The number of hydrogen-bond donors (Lipinski definition) is 2. The summed E-state index contributed by atoms with van der Waals surface area (Å²) in [6.07, 6.45) is 2.73. The van der Waals surface area contributed by atoms with E-state index in [-0.39, 0.29) is 5.56 Å². The van der Waals surface area contributed by atoms with Gasteiger partial charge in [0, 0.05) is 5.02 Å². The Morgan fingerprint density at radius 3 is 2.52 bits per heavy atom. The summed E-state index contributed by atoms with van der Waals surface area (Å²) in [5, 5.41) is 3.84. The van der Waals surface area contributed by atoms with Gasteiger partial charge in [-0.25, -0.2) is 9.59 Å². The quantitative estimate of drug-likeness (QED) is 0.601. The van der Waals surface area contributed by atoms with E-state index in [9.17, 15) is 19.2 Å². The van der Waals surface area contributed by atoms with Gasteiger partial charge in [0.05, 0.1) is 5.56 Å². The lowest BCUT2D eigenvalue weighted by Crippen LogP contribution is -2.52. The fourth-order valence-electron chi connectivity index (χ4n) is 3.27. The summed E-state index contributed by atoms with van der Waals surface area (Å²) in [5.74, 6) is -1.47. The highest BCUT2D eigenvalue weighted by atomic mass is 35.5. The third kappa shape index (κ3) is 4.05. The van der Waals surface area contributed by atoms with Gasteiger partial charge >= 0.3 is 12.0 Å². The van der Waals surface area contributed by atoms with E-state index in [1.807, 2.05) is 0 Å². The molecule has 2 aliphatic rings. The van der Waals surface area contributed by atoms with Crippen molar-refractivity contribution in [2.45, 2.75) is 38.1 Å². The van der Waals surface area contributed by atoms with Crippen molar-refractivity contribution in [2.75, 3.05) is 6.61 Å². The maximum Gasteiger partial charge on any atom is 0.344 e. The fraction of sp³-hybridized carbons (Fsp3) is 0.444. The maximum absolute atomic E-state index is 12.6. The van der Waals surface area contributed by atoms with Crippen LogP contribution >= 0.6 is 11.6 Å². The van der Waals surface area contributed by atoms with Gasteiger partial charge in [-0.05, 0) is 55.9 Å². The summed E-state index contributed by atoms with van der Waals surface area (Å²) >= 11 is 5.74. The SMILES string of the molecule is CC1CCC2(CC1)NC(=O)N(NC(=O)COC(=O)c1ccc(Cl)cc1)C2=O. The number of hydrogen-bond acceptors (Lipinski definition) is 5. The summed E-state index contributed by atoms with van der Waals surface area (Å²) in [4.78, 5) is 48.7. The molecule has 1 spiro atoms. The summed E-state index contributed by atoms with van der Waals surface area (Å²) in [5.41, 5.74) is 1.50. The Hall–Kier alpha value is -2.61. The van der Waals surface area contributed by atoms with Crippen LogP contribution in [0.5, 0.6) is 0 Å². The zero-order valence-corrected chi connectivity index (χ0v) is 15.5. The minimum atomic E-state index is -0.948. The summed E-state index contributed by atoms with van der Waals surface area (Å²) in [6, 6.07) is 5.31. The van der Waals surface area contributed by atoms with Crippen molar-refractivity contribution in [3.05, 3.63) is 34.9 Å². The summed E-state index contributed by atoms with van der Waals surface area (Å²) in [6.45, 7) is 1.48. The lowest BCUT2D eigenvalue weighted by Gasteiger charge is -2.33. The van der Waals surface area contributed by atoms with E-state index in [4.69, 9.17) is 16.3 Å². The van der Waals surface area contributed by atoms with E-state index in [1.54, 1.807) is 0 Å². The van der Waals surface area contributed by atoms with Gasteiger partial charge in [0.2, 0.25) is 0 Å². The van der Waals surface area contributed by atoms with Gasteiger partial charge in [0.25, 0.3) is 11.8 Å². The molecule has 2 N–H and O–H groups in total. The highest BCUT2D eigenvalue weighted by Crippen LogP contribution is 2.35. The lowest BCUT2D eigenvalue weighted by atomic mass is 9.77. The first kappa shape index (κ1) is 19.2. The Morgan fingerprint density at radius 2 is 1.89 bits per heavy atom. The van der Waals surface area contributed by atoms with Gasteiger partial charge in [-0.3, -0.25) is 15.0 Å². The van der Waals surface area contributed by atoms with Crippen LogP contribution < -0.4 is 10.7 Å². The lowest BCUT2D eigenvalue weighted by molar-refractivity contribution is -0.141. The zero-order chi connectivity index (χ0) is 19.6. The van der Waals surface area contributed by atoms with Crippen LogP contribution in [0.15, 0.2) is 24.3 Å². The molecule has 0 aromatic heterocycles.